The molecule has 1 saturated heterocycles. The Kier molecular flexibility index (Phi) is 4.41. The normalized spacial score (nSPS) is 27.2. The summed E-state index contributed by atoms with van der Waals surface area (Å²) in [6, 6.07) is 0. The Labute approximate surface area is 139 Å². The zero-order chi connectivity index (χ0) is 18.5. The number of nitrogens with zero attached hydrogens (tertiary/aromatic N) is 4. The van der Waals surface area contributed by atoms with E-state index >= 15 is 0 Å². The molecule has 0 unspecified atom stereocenters. The molecule has 6 N–H and O–H groups in total. The number of phosphoric ester groups is 1. The summed E-state index contributed by atoms with van der Waals surface area (Å²) in [5.74, 6) is -0.0892. The summed E-state index contributed by atoms with van der Waals surface area (Å²) in [7, 11) is -3.24. The molecule has 25 heavy (non-hydrogen) atoms. The molecular formula is C11H16N5O8P. The number of imidazole rings is 1. The van der Waals surface area contributed by atoms with Gasteiger partial charge >= 0.3 is 13.4 Å². The van der Waals surface area contributed by atoms with E-state index in [2.05, 4.69) is 14.5 Å². The van der Waals surface area contributed by atoms with Crippen molar-refractivity contribution in [2.45, 2.75) is 24.5 Å². The van der Waals surface area contributed by atoms with Gasteiger partial charge in [-0.2, -0.15) is 4.98 Å². The van der Waals surface area contributed by atoms with Crippen LogP contribution in [0.2, 0.25) is 0 Å². The molecule has 0 bridgehead atoms. The number of aromatic nitrogens is 4. The molecule has 1 fully saturated rings. The number of fused-ring (bicyclic) bond motifs is 1. The van der Waals surface area contributed by atoms with E-state index in [1.807, 2.05) is 0 Å². The predicted molar refractivity (Wildman–Crippen MR) is 81.1 cm³/mol. The third-order valence-electron chi connectivity index (χ3n) is 3.87. The molecule has 0 amide bonds. The van der Waals surface area contributed by atoms with Crippen LogP contribution in [0.15, 0.2) is 11.1 Å². The topological polar surface area (TPSA) is 195 Å². The summed E-state index contributed by atoms with van der Waals surface area (Å²) in [4.78, 5) is 36.8. The van der Waals surface area contributed by atoms with E-state index in [1.54, 1.807) is 0 Å². The minimum Gasteiger partial charge on any atom is -0.387 e. The maximum absolute atomic E-state index is 11.9. The zero-order valence-electron chi connectivity index (χ0n) is 12.8. The Morgan fingerprint density at radius 2 is 2.08 bits per heavy atom. The number of hydrogen-bond acceptors (Lipinski definition) is 9. The summed E-state index contributed by atoms with van der Waals surface area (Å²) in [5, 5.41) is 20.2. The first kappa shape index (κ1) is 17.9. The Balaban J connectivity index is 1.96. The first-order valence-corrected chi connectivity index (χ1v) is 8.54. The third kappa shape index (κ3) is 3.18. The van der Waals surface area contributed by atoms with Crippen LogP contribution in [0.1, 0.15) is 6.23 Å². The highest BCUT2D eigenvalue weighted by Crippen LogP contribution is 2.38. The Morgan fingerprint density at radius 3 is 2.72 bits per heavy atom. The fourth-order valence-corrected chi connectivity index (χ4v) is 2.97. The number of hydrogen-bond donors (Lipinski definition) is 5. The fourth-order valence-electron chi connectivity index (χ4n) is 2.63. The van der Waals surface area contributed by atoms with E-state index < -0.39 is 44.5 Å². The summed E-state index contributed by atoms with van der Waals surface area (Å²) in [6.45, 7) is -0.645. The van der Waals surface area contributed by atoms with Crippen LogP contribution in [0.4, 0.5) is 5.95 Å². The van der Waals surface area contributed by atoms with Crippen LogP contribution in [-0.4, -0.2) is 64.0 Å². The number of aryl methyl sites for hydroxylation is 1. The molecule has 0 spiro atoms. The molecule has 138 valence electrons. The number of phosphoric acid groups is 1. The molecule has 2 aromatic heterocycles. The predicted octanol–water partition coefficient (Wildman–Crippen LogP) is -2.56. The lowest BCUT2D eigenvalue weighted by molar-refractivity contribution is -0.0505. The maximum atomic E-state index is 11.9. The highest BCUT2D eigenvalue weighted by atomic mass is 31.2. The second-order valence-electron chi connectivity index (χ2n) is 5.49. The van der Waals surface area contributed by atoms with Gasteiger partial charge in [-0.1, -0.05) is 0 Å². The van der Waals surface area contributed by atoms with Gasteiger partial charge in [-0.05, 0) is 0 Å². The molecule has 14 heteroatoms. The van der Waals surface area contributed by atoms with Gasteiger partial charge in [0.1, 0.15) is 18.3 Å². The largest absolute Gasteiger partial charge is 0.469 e. The second kappa shape index (κ2) is 6.14. The van der Waals surface area contributed by atoms with Crippen LogP contribution in [0.5, 0.6) is 0 Å². The molecule has 3 heterocycles. The van der Waals surface area contributed by atoms with Crippen molar-refractivity contribution in [2.75, 3.05) is 12.3 Å². The first-order chi connectivity index (χ1) is 11.6. The standard InChI is InChI=1S/C11H16N5O8P/c1-15-9-5(8(19)14-11(15)12)13-3-16(9)10-7(18)6(17)4(24-10)2-23-25(20,21)22/h3-4,6-7,10,17-18H,2H2,1H3,(H2,12,14,19)(H2,20,21,22)/t4-,6-,7-,10-/m1/s1. The van der Waals surface area contributed by atoms with Gasteiger partial charge in [0.2, 0.25) is 5.95 Å². The monoisotopic (exact) mass is 377 g/mol. The van der Waals surface area contributed by atoms with Crippen molar-refractivity contribution in [3.63, 3.8) is 0 Å². The Bertz CT molecular complexity index is 906. The van der Waals surface area contributed by atoms with E-state index in [0.29, 0.717) is 0 Å². The van der Waals surface area contributed by atoms with E-state index in [1.165, 1.54) is 22.5 Å². The van der Waals surface area contributed by atoms with Crippen molar-refractivity contribution in [3.8, 4) is 0 Å². The number of aliphatic hydroxyl groups excluding tert-OH is 2. The zero-order valence-corrected chi connectivity index (χ0v) is 13.7. The van der Waals surface area contributed by atoms with Crippen LogP contribution in [0, 0.1) is 0 Å². The maximum Gasteiger partial charge on any atom is 0.469 e. The number of aliphatic hydroxyl groups is 2. The quantitative estimate of drug-likeness (QED) is 0.352. The molecule has 1 aliphatic rings. The van der Waals surface area contributed by atoms with Crippen molar-refractivity contribution in [1.82, 2.24) is 19.1 Å². The molecule has 3 rings (SSSR count). The SMILES string of the molecule is Cn1c(N)nc(=O)c2ncn([C@@H]3O[C@H](COP(=O)(O)O)[C@@H](O)[C@H]3O)c21. The number of ether oxygens (including phenoxy) is 1. The smallest absolute Gasteiger partial charge is 0.387 e. The number of rotatable bonds is 4. The van der Waals surface area contributed by atoms with Crippen molar-refractivity contribution in [1.29, 1.82) is 0 Å². The van der Waals surface area contributed by atoms with E-state index in [-0.39, 0.29) is 17.1 Å². The van der Waals surface area contributed by atoms with Crippen molar-refractivity contribution in [2.24, 2.45) is 7.05 Å². The van der Waals surface area contributed by atoms with Crippen molar-refractivity contribution < 1.29 is 33.8 Å². The summed E-state index contributed by atoms with van der Waals surface area (Å²) in [5.41, 5.74) is 5.16. The number of nitrogens with two attached hydrogens (primary N) is 1. The third-order valence-corrected chi connectivity index (χ3v) is 4.35. The highest BCUT2D eigenvalue weighted by Gasteiger charge is 2.45. The van der Waals surface area contributed by atoms with Gasteiger partial charge in [0.05, 0.1) is 12.9 Å². The van der Waals surface area contributed by atoms with Gasteiger partial charge in [-0.15, -0.1) is 0 Å². The average Bonchev–Trinajstić information content (AvgIpc) is 3.06. The van der Waals surface area contributed by atoms with Gasteiger partial charge in [0.25, 0.3) is 0 Å². The van der Waals surface area contributed by atoms with Gasteiger partial charge in [-0.3, -0.25) is 18.5 Å². The van der Waals surface area contributed by atoms with Crippen LogP contribution in [0.3, 0.4) is 0 Å². The lowest BCUT2D eigenvalue weighted by Crippen LogP contribution is -2.33. The van der Waals surface area contributed by atoms with Crippen LogP contribution in [-0.2, 0) is 20.9 Å². The fraction of sp³-hybridized carbons (Fsp3) is 0.545. The Morgan fingerprint density at radius 1 is 1.40 bits per heavy atom. The molecule has 1 aliphatic heterocycles. The van der Waals surface area contributed by atoms with Gasteiger partial charge in [0.15, 0.2) is 17.4 Å². The second-order valence-corrected chi connectivity index (χ2v) is 6.73. The summed E-state index contributed by atoms with van der Waals surface area (Å²) in [6.07, 6.45) is -4.13. The van der Waals surface area contributed by atoms with Gasteiger partial charge in [0, 0.05) is 7.05 Å². The van der Waals surface area contributed by atoms with Gasteiger partial charge < -0.3 is 30.5 Å². The molecule has 0 aromatic carbocycles. The molecule has 13 nitrogen and oxygen atoms in total. The lowest BCUT2D eigenvalue weighted by Gasteiger charge is -2.18. The minimum absolute atomic E-state index is 0.0168. The van der Waals surface area contributed by atoms with Gasteiger partial charge in [-0.25, -0.2) is 9.55 Å². The van der Waals surface area contributed by atoms with Crippen LogP contribution < -0.4 is 11.3 Å². The molecule has 4 atom stereocenters. The summed E-state index contributed by atoms with van der Waals surface area (Å²) < 4.78 is 23.2. The van der Waals surface area contributed by atoms with Crippen LogP contribution >= 0.6 is 7.82 Å². The lowest BCUT2D eigenvalue weighted by atomic mass is 10.1. The average molecular weight is 377 g/mol. The molecular weight excluding hydrogens is 361 g/mol. The molecule has 2 aromatic rings. The summed E-state index contributed by atoms with van der Waals surface area (Å²) >= 11 is 0. The van der Waals surface area contributed by atoms with E-state index in [0.717, 1.165) is 0 Å². The van der Waals surface area contributed by atoms with Crippen LogP contribution in [0.25, 0.3) is 11.2 Å². The first-order valence-electron chi connectivity index (χ1n) is 7.01. The minimum atomic E-state index is -4.77. The van der Waals surface area contributed by atoms with E-state index in [4.69, 9.17) is 20.3 Å². The molecule has 0 saturated carbocycles. The Hall–Kier alpha value is -1.86. The number of nitrogen functional groups attached to an aromatic ring is 1. The van der Waals surface area contributed by atoms with Crippen molar-refractivity contribution in [3.05, 3.63) is 16.7 Å². The highest BCUT2D eigenvalue weighted by molar-refractivity contribution is 7.46. The molecule has 0 radical (unpaired) electrons. The molecule has 0 aliphatic carbocycles. The number of anilines is 1. The van der Waals surface area contributed by atoms with E-state index in [9.17, 15) is 19.6 Å². The van der Waals surface area contributed by atoms with Crippen molar-refractivity contribution >= 4 is 24.9 Å².